The molecule has 0 nitrogen and oxygen atoms in total. The highest BCUT2D eigenvalue weighted by Gasteiger charge is 2.13. The van der Waals surface area contributed by atoms with Crippen LogP contribution in [0.2, 0.25) is 15.1 Å². The SMILES string of the molecule is Fc1cc(-c2c(Cl)ccc(Cl)c2Cl)ccc1CBr. The summed E-state index contributed by atoms with van der Waals surface area (Å²) in [7, 11) is 0. The molecule has 0 N–H and O–H groups in total. The second-order valence-electron chi connectivity index (χ2n) is 3.66. The Balaban J connectivity index is 2.62. The van der Waals surface area contributed by atoms with Gasteiger partial charge in [0.05, 0.1) is 10.0 Å². The molecule has 0 amide bonds. The minimum absolute atomic E-state index is 0.309. The van der Waals surface area contributed by atoms with Gasteiger partial charge in [0.25, 0.3) is 0 Å². The lowest BCUT2D eigenvalue weighted by Gasteiger charge is -2.10. The van der Waals surface area contributed by atoms with Crippen molar-refractivity contribution in [2.45, 2.75) is 5.33 Å². The number of benzene rings is 2. The third-order valence-corrected chi connectivity index (χ3v) is 4.25. The van der Waals surface area contributed by atoms with Gasteiger partial charge in [-0.3, -0.25) is 0 Å². The standard InChI is InChI=1S/C13H7BrCl3F/c14-6-8-2-1-7(5-11(8)18)12-9(15)3-4-10(16)13(12)17/h1-5H,6H2. The smallest absolute Gasteiger partial charge is 0.127 e. The van der Waals surface area contributed by atoms with Gasteiger partial charge >= 0.3 is 0 Å². The molecule has 0 spiro atoms. The summed E-state index contributed by atoms with van der Waals surface area (Å²) in [5.41, 5.74) is 1.73. The number of hydrogen-bond donors (Lipinski definition) is 0. The fraction of sp³-hybridized carbons (Fsp3) is 0.0769. The summed E-state index contributed by atoms with van der Waals surface area (Å²) in [4.78, 5) is 0. The largest absolute Gasteiger partial charge is 0.207 e. The molecule has 0 aliphatic rings. The summed E-state index contributed by atoms with van der Waals surface area (Å²) in [5, 5.41) is 1.61. The van der Waals surface area contributed by atoms with Crippen LogP contribution >= 0.6 is 50.7 Å². The van der Waals surface area contributed by atoms with Crippen LogP contribution in [-0.2, 0) is 5.33 Å². The first-order valence-electron chi connectivity index (χ1n) is 5.03. The summed E-state index contributed by atoms with van der Waals surface area (Å²) >= 11 is 21.4. The summed E-state index contributed by atoms with van der Waals surface area (Å²) in [6.07, 6.45) is 0. The summed E-state index contributed by atoms with van der Waals surface area (Å²) in [5.74, 6) is -0.309. The van der Waals surface area contributed by atoms with Crippen LogP contribution in [-0.4, -0.2) is 0 Å². The molecule has 5 heteroatoms. The summed E-state index contributed by atoms with van der Waals surface area (Å²) < 4.78 is 13.8. The van der Waals surface area contributed by atoms with E-state index in [9.17, 15) is 4.39 Å². The third-order valence-electron chi connectivity index (χ3n) is 2.53. The van der Waals surface area contributed by atoms with E-state index < -0.39 is 0 Å². The second-order valence-corrected chi connectivity index (χ2v) is 5.41. The molecular formula is C13H7BrCl3F. The monoisotopic (exact) mass is 366 g/mol. The van der Waals surface area contributed by atoms with Gasteiger partial charge in [-0.2, -0.15) is 0 Å². The van der Waals surface area contributed by atoms with E-state index in [1.54, 1.807) is 24.3 Å². The zero-order valence-corrected chi connectivity index (χ0v) is 12.8. The van der Waals surface area contributed by atoms with E-state index in [-0.39, 0.29) is 5.82 Å². The molecule has 0 aromatic heterocycles. The zero-order chi connectivity index (χ0) is 13.3. The van der Waals surface area contributed by atoms with Crippen molar-refractivity contribution in [1.82, 2.24) is 0 Å². The molecule has 0 saturated heterocycles. The molecule has 2 aromatic carbocycles. The first-order valence-corrected chi connectivity index (χ1v) is 7.28. The molecule has 0 heterocycles. The Bertz CT molecular complexity index is 599. The van der Waals surface area contributed by atoms with Gasteiger partial charge in [-0.15, -0.1) is 0 Å². The Morgan fingerprint density at radius 3 is 2.28 bits per heavy atom. The fourth-order valence-corrected chi connectivity index (χ4v) is 2.80. The Morgan fingerprint density at radius 2 is 1.67 bits per heavy atom. The quantitative estimate of drug-likeness (QED) is 0.428. The summed E-state index contributed by atoms with van der Waals surface area (Å²) in [6, 6.07) is 8.11. The van der Waals surface area contributed by atoms with Crippen molar-refractivity contribution in [1.29, 1.82) is 0 Å². The van der Waals surface area contributed by atoms with Gasteiger partial charge in [0.1, 0.15) is 5.82 Å². The average Bonchev–Trinajstić information content (AvgIpc) is 2.35. The molecule has 94 valence electrons. The summed E-state index contributed by atoms with van der Waals surface area (Å²) in [6.45, 7) is 0. The fourth-order valence-electron chi connectivity index (χ4n) is 1.60. The molecule has 0 fully saturated rings. The molecule has 0 aliphatic carbocycles. The zero-order valence-electron chi connectivity index (χ0n) is 8.98. The van der Waals surface area contributed by atoms with Crippen LogP contribution in [0, 0.1) is 5.82 Å². The Hall–Kier alpha value is -0.280. The van der Waals surface area contributed by atoms with Crippen LogP contribution in [0.25, 0.3) is 11.1 Å². The average molecular weight is 368 g/mol. The van der Waals surface area contributed by atoms with Crippen molar-refractivity contribution in [3.05, 3.63) is 56.8 Å². The topological polar surface area (TPSA) is 0 Å². The highest BCUT2D eigenvalue weighted by molar-refractivity contribution is 9.08. The molecule has 2 rings (SSSR count). The van der Waals surface area contributed by atoms with Crippen molar-refractivity contribution < 1.29 is 4.39 Å². The lowest BCUT2D eigenvalue weighted by molar-refractivity contribution is 0.618. The molecule has 2 aromatic rings. The van der Waals surface area contributed by atoms with E-state index in [1.807, 2.05) is 0 Å². The maximum absolute atomic E-state index is 13.8. The predicted molar refractivity (Wildman–Crippen MR) is 79.5 cm³/mol. The van der Waals surface area contributed by atoms with Gasteiger partial charge in [-0.25, -0.2) is 4.39 Å². The van der Waals surface area contributed by atoms with Gasteiger partial charge in [-0.1, -0.05) is 62.9 Å². The Kier molecular flexibility index (Phi) is 4.54. The maximum atomic E-state index is 13.8. The number of rotatable bonds is 2. The van der Waals surface area contributed by atoms with Gasteiger partial charge in [-0.05, 0) is 29.3 Å². The first kappa shape index (κ1) is 14.1. The minimum Gasteiger partial charge on any atom is -0.207 e. The van der Waals surface area contributed by atoms with Crippen LogP contribution in [0.15, 0.2) is 30.3 Å². The van der Waals surface area contributed by atoms with E-state index >= 15 is 0 Å². The van der Waals surface area contributed by atoms with E-state index in [2.05, 4.69) is 15.9 Å². The molecule has 18 heavy (non-hydrogen) atoms. The van der Waals surface area contributed by atoms with Gasteiger partial charge in [0, 0.05) is 15.9 Å². The van der Waals surface area contributed by atoms with Crippen LogP contribution in [0.4, 0.5) is 4.39 Å². The second kappa shape index (κ2) is 5.79. The van der Waals surface area contributed by atoms with Gasteiger partial charge < -0.3 is 0 Å². The van der Waals surface area contributed by atoms with Crippen LogP contribution in [0.5, 0.6) is 0 Å². The molecule has 0 radical (unpaired) electrons. The highest BCUT2D eigenvalue weighted by atomic mass is 79.9. The van der Waals surface area contributed by atoms with Gasteiger partial charge in [0.2, 0.25) is 0 Å². The van der Waals surface area contributed by atoms with E-state index in [0.717, 1.165) is 0 Å². The lowest BCUT2D eigenvalue weighted by Crippen LogP contribution is -1.89. The van der Waals surface area contributed by atoms with Crippen molar-refractivity contribution in [2.24, 2.45) is 0 Å². The van der Waals surface area contributed by atoms with E-state index in [4.69, 9.17) is 34.8 Å². The minimum atomic E-state index is -0.309. The van der Waals surface area contributed by atoms with E-state index in [1.165, 1.54) is 6.07 Å². The molecule has 0 bridgehead atoms. The van der Waals surface area contributed by atoms with Crippen LogP contribution in [0.1, 0.15) is 5.56 Å². The first-order chi connectivity index (χ1) is 8.54. The molecule has 0 saturated carbocycles. The predicted octanol–water partition coefficient (Wildman–Crippen LogP) is 6.35. The number of alkyl halides is 1. The highest BCUT2D eigenvalue weighted by Crippen LogP contribution is 2.39. The van der Waals surface area contributed by atoms with Crippen molar-refractivity contribution >= 4 is 50.7 Å². The van der Waals surface area contributed by atoms with Crippen molar-refractivity contribution in [3.63, 3.8) is 0 Å². The normalized spacial score (nSPS) is 10.7. The van der Waals surface area contributed by atoms with Crippen molar-refractivity contribution in [2.75, 3.05) is 0 Å². The molecular weight excluding hydrogens is 361 g/mol. The maximum Gasteiger partial charge on any atom is 0.127 e. The molecule has 0 aliphatic heterocycles. The lowest BCUT2D eigenvalue weighted by atomic mass is 10.0. The van der Waals surface area contributed by atoms with Crippen molar-refractivity contribution in [3.8, 4) is 11.1 Å². The van der Waals surface area contributed by atoms with E-state index in [0.29, 0.717) is 37.1 Å². The molecule has 0 atom stereocenters. The van der Waals surface area contributed by atoms with Gasteiger partial charge in [0.15, 0.2) is 0 Å². The Labute approximate surface area is 128 Å². The third kappa shape index (κ3) is 2.67. The Morgan fingerprint density at radius 1 is 1.00 bits per heavy atom. The number of halogens is 5. The van der Waals surface area contributed by atoms with Crippen LogP contribution in [0.3, 0.4) is 0 Å². The van der Waals surface area contributed by atoms with Crippen LogP contribution < -0.4 is 0 Å². The molecule has 0 unspecified atom stereocenters. The number of hydrogen-bond acceptors (Lipinski definition) is 0.